The Bertz CT molecular complexity index is 915. The van der Waals surface area contributed by atoms with Crippen molar-refractivity contribution in [2.45, 2.75) is 12.3 Å². The van der Waals surface area contributed by atoms with E-state index in [9.17, 15) is 10.4 Å². The van der Waals surface area contributed by atoms with Crippen molar-refractivity contribution in [1.29, 1.82) is 5.26 Å². The molecule has 0 amide bonds. The molecular formula is C20H18CoN4O. The average Bonchev–Trinajstić information content (AvgIpc) is 2.88. The van der Waals surface area contributed by atoms with Gasteiger partial charge in [0, 0.05) is 46.3 Å². The predicted octanol–water partition coefficient (Wildman–Crippen LogP) is 3.79. The SMILES string of the molecule is CN1\C(=C/C=N/N=C(\O)c2ccccc2)C(C)(C#N)c2ccccc21.[Co]. The molecule has 1 N–H and O–H groups in total. The monoisotopic (exact) mass is 389 g/mol. The summed E-state index contributed by atoms with van der Waals surface area (Å²) in [5.41, 5.74) is 2.63. The van der Waals surface area contributed by atoms with Crippen LogP contribution in [0.5, 0.6) is 0 Å². The van der Waals surface area contributed by atoms with Crippen LogP contribution in [0.25, 0.3) is 0 Å². The first kappa shape index (κ1) is 19.4. The third-order valence-electron chi connectivity index (χ3n) is 4.38. The zero-order valence-electron chi connectivity index (χ0n) is 14.4. The smallest absolute Gasteiger partial charge is 0.238 e. The zero-order valence-corrected chi connectivity index (χ0v) is 15.5. The molecule has 133 valence electrons. The molecule has 0 saturated carbocycles. The number of fused-ring (bicyclic) bond motifs is 1. The molecule has 0 bridgehead atoms. The van der Waals surface area contributed by atoms with Crippen LogP contribution in [0.3, 0.4) is 0 Å². The predicted molar refractivity (Wildman–Crippen MR) is 100.0 cm³/mol. The maximum Gasteiger partial charge on any atom is 0.238 e. The Labute approximate surface area is 163 Å². The third kappa shape index (κ3) is 3.40. The summed E-state index contributed by atoms with van der Waals surface area (Å²) < 4.78 is 0. The van der Waals surface area contributed by atoms with Crippen LogP contribution >= 0.6 is 0 Å². The van der Waals surface area contributed by atoms with Gasteiger partial charge in [0.2, 0.25) is 5.90 Å². The number of hydrogen-bond donors (Lipinski definition) is 1. The molecule has 1 aliphatic heterocycles. The fraction of sp³-hybridized carbons (Fsp3) is 0.150. The molecule has 0 aromatic heterocycles. The van der Waals surface area contributed by atoms with Crippen molar-refractivity contribution < 1.29 is 21.9 Å². The van der Waals surface area contributed by atoms with Crippen molar-refractivity contribution in [1.82, 2.24) is 0 Å². The Morgan fingerprint density at radius 1 is 1.15 bits per heavy atom. The van der Waals surface area contributed by atoms with Crippen molar-refractivity contribution in [3.8, 4) is 6.07 Å². The van der Waals surface area contributed by atoms with Crippen LogP contribution in [0.1, 0.15) is 18.1 Å². The second-order valence-corrected chi connectivity index (χ2v) is 5.92. The minimum absolute atomic E-state index is 0. The van der Waals surface area contributed by atoms with Gasteiger partial charge in [-0.15, -0.1) is 5.10 Å². The molecule has 0 fully saturated rings. The van der Waals surface area contributed by atoms with E-state index in [0.717, 1.165) is 16.9 Å². The summed E-state index contributed by atoms with van der Waals surface area (Å²) in [5.74, 6) is -0.152. The van der Waals surface area contributed by atoms with Gasteiger partial charge >= 0.3 is 0 Å². The van der Waals surface area contributed by atoms with E-state index in [2.05, 4.69) is 16.3 Å². The molecule has 2 aromatic carbocycles. The molecule has 1 radical (unpaired) electrons. The fourth-order valence-electron chi connectivity index (χ4n) is 3.02. The molecule has 1 atom stereocenters. The number of hydrogen-bond acceptors (Lipinski definition) is 4. The summed E-state index contributed by atoms with van der Waals surface area (Å²) in [6, 6.07) is 19.2. The number of para-hydroxylation sites is 1. The van der Waals surface area contributed by atoms with Crippen LogP contribution in [-0.2, 0) is 22.2 Å². The van der Waals surface area contributed by atoms with Gasteiger partial charge in [-0.25, -0.2) is 0 Å². The topological polar surface area (TPSA) is 72.0 Å². The van der Waals surface area contributed by atoms with Crippen LogP contribution in [-0.4, -0.2) is 24.3 Å². The van der Waals surface area contributed by atoms with Crippen molar-refractivity contribution >= 4 is 17.8 Å². The van der Waals surface area contributed by atoms with Gasteiger partial charge in [-0.1, -0.05) is 36.4 Å². The van der Waals surface area contributed by atoms with E-state index in [1.165, 1.54) is 6.21 Å². The number of nitrogens with zero attached hydrogens (tertiary/aromatic N) is 4. The number of benzene rings is 2. The summed E-state index contributed by atoms with van der Waals surface area (Å²) in [6.07, 6.45) is 3.25. The number of likely N-dealkylation sites (N-methyl/N-ethyl adjacent to an activating group) is 1. The van der Waals surface area contributed by atoms with Crippen molar-refractivity contribution in [2.75, 3.05) is 11.9 Å². The molecule has 0 saturated heterocycles. The number of anilines is 1. The van der Waals surface area contributed by atoms with Crippen LogP contribution in [0.4, 0.5) is 5.69 Å². The number of nitriles is 1. The Kier molecular flexibility index (Phi) is 5.98. The van der Waals surface area contributed by atoms with E-state index >= 15 is 0 Å². The molecule has 0 aliphatic carbocycles. The summed E-state index contributed by atoms with van der Waals surface area (Å²) >= 11 is 0. The average molecular weight is 389 g/mol. The van der Waals surface area contributed by atoms with Crippen molar-refractivity contribution in [2.24, 2.45) is 10.2 Å². The molecule has 3 rings (SSSR count). The van der Waals surface area contributed by atoms with Gasteiger partial charge in [0.1, 0.15) is 5.41 Å². The molecule has 5 nitrogen and oxygen atoms in total. The Balaban J connectivity index is 0.00000243. The van der Waals surface area contributed by atoms with E-state index in [4.69, 9.17) is 0 Å². The maximum absolute atomic E-state index is 9.91. The van der Waals surface area contributed by atoms with Crippen LogP contribution in [0.15, 0.2) is 76.6 Å². The Hall–Kier alpha value is -2.88. The van der Waals surface area contributed by atoms with Crippen LogP contribution < -0.4 is 4.90 Å². The number of aliphatic hydroxyl groups is 1. The molecule has 6 heteroatoms. The van der Waals surface area contributed by atoms with Gasteiger partial charge < -0.3 is 10.0 Å². The molecule has 1 aliphatic rings. The van der Waals surface area contributed by atoms with Gasteiger partial charge in [-0.3, -0.25) is 0 Å². The molecule has 26 heavy (non-hydrogen) atoms. The summed E-state index contributed by atoms with van der Waals surface area (Å²) in [7, 11) is 1.92. The standard InChI is InChI=1S/C20H18N4O.Co/c1-20(14-21)16-10-6-7-11-17(16)24(2)18(20)12-13-22-23-19(25)15-8-4-3-5-9-15;/h3-13H,1-2H3,(H,23,25);/b18-12-,22-13+;. The fourth-order valence-corrected chi connectivity index (χ4v) is 3.02. The Morgan fingerprint density at radius 3 is 2.50 bits per heavy atom. The number of aliphatic hydroxyl groups excluding tert-OH is 1. The van der Waals surface area contributed by atoms with Crippen molar-refractivity contribution in [3.63, 3.8) is 0 Å². The largest absolute Gasteiger partial charge is 0.492 e. The molecule has 2 aromatic rings. The molecular weight excluding hydrogens is 371 g/mol. The van der Waals surface area contributed by atoms with Crippen LogP contribution in [0, 0.1) is 11.3 Å². The van der Waals surface area contributed by atoms with Crippen LogP contribution in [0.2, 0.25) is 0 Å². The van der Waals surface area contributed by atoms with E-state index < -0.39 is 5.41 Å². The maximum atomic E-state index is 9.91. The molecule has 1 heterocycles. The molecule has 1 unspecified atom stereocenters. The second kappa shape index (κ2) is 8.00. The van der Waals surface area contributed by atoms with Gasteiger partial charge in [-0.2, -0.15) is 10.4 Å². The zero-order chi connectivity index (χ0) is 17.9. The van der Waals surface area contributed by atoms with Crippen molar-refractivity contribution in [3.05, 3.63) is 77.5 Å². The number of rotatable bonds is 3. The molecule has 0 spiro atoms. The summed E-state index contributed by atoms with van der Waals surface area (Å²) in [5, 5.41) is 27.3. The van der Waals surface area contributed by atoms with E-state index in [-0.39, 0.29) is 22.7 Å². The van der Waals surface area contributed by atoms with Gasteiger partial charge in [0.15, 0.2) is 0 Å². The summed E-state index contributed by atoms with van der Waals surface area (Å²) in [4.78, 5) is 1.98. The van der Waals surface area contributed by atoms with Gasteiger partial charge in [0.05, 0.1) is 12.3 Å². The quantitative estimate of drug-likeness (QED) is 0.493. The number of allylic oxidation sites excluding steroid dienone is 2. The summed E-state index contributed by atoms with van der Waals surface area (Å²) in [6.45, 7) is 1.89. The van der Waals surface area contributed by atoms with E-state index in [0.29, 0.717) is 5.56 Å². The second-order valence-electron chi connectivity index (χ2n) is 5.92. The first-order chi connectivity index (χ1) is 12.1. The van der Waals surface area contributed by atoms with E-state index in [1.54, 1.807) is 18.2 Å². The minimum Gasteiger partial charge on any atom is -0.492 e. The first-order valence-electron chi connectivity index (χ1n) is 7.88. The van der Waals surface area contributed by atoms with Gasteiger partial charge in [-0.05, 0) is 31.2 Å². The minimum atomic E-state index is -0.747. The first-order valence-corrected chi connectivity index (χ1v) is 7.88. The third-order valence-corrected chi connectivity index (χ3v) is 4.38. The normalized spacial score (nSPS) is 20.7. The van der Waals surface area contributed by atoms with E-state index in [1.807, 2.05) is 61.3 Å². The Morgan fingerprint density at radius 2 is 1.81 bits per heavy atom. The van der Waals surface area contributed by atoms with Gasteiger partial charge in [0.25, 0.3) is 0 Å².